The average Bonchev–Trinajstić information content (AvgIpc) is 3.47. The second-order valence-electron chi connectivity index (χ2n) is 6.35. The van der Waals surface area contributed by atoms with Crippen LogP contribution in [0.5, 0.6) is 0 Å². The molecule has 4 atom stereocenters. The lowest BCUT2D eigenvalue weighted by Gasteiger charge is -2.20. The number of epoxide rings is 2. The van der Waals surface area contributed by atoms with Crippen molar-refractivity contribution in [1.82, 2.24) is 0 Å². The SMILES string of the molecule is O=C1c2ccccc2CC[C@@]12O[C@@H]2[C@H]1O[C@@H]1c1ccccc1. The van der Waals surface area contributed by atoms with Gasteiger partial charge in [-0.15, -0.1) is 0 Å². The summed E-state index contributed by atoms with van der Waals surface area (Å²) in [6.07, 6.45) is 1.70. The van der Waals surface area contributed by atoms with E-state index >= 15 is 0 Å². The predicted molar refractivity (Wildman–Crippen MR) is 80.8 cm³/mol. The third-order valence-electron chi connectivity index (χ3n) is 5.10. The summed E-state index contributed by atoms with van der Waals surface area (Å²) in [5.41, 5.74) is 2.52. The molecule has 2 fully saturated rings. The van der Waals surface area contributed by atoms with E-state index in [1.54, 1.807) is 0 Å². The average molecular weight is 292 g/mol. The van der Waals surface area contributed by atoms with Crippen LogP contribution in [-0.2, 0) is 15.9 Å². The van der Waals surface area contributed by atoms with Crippen molar-refractivity contribution in [3.8, 4) is 0 Å². The first-order chi connectivity index (χ1) is 10.8. The smallest absolute Gasteiger partial charge is 0.197 e. The standard InChI is InChI=1S/C19H16O3/c20-17-14-9-5-4-6-12(14)10-11-19(17)18(22-19)16-15(21-16)13-7-2-1-3-8-13/h1-9,15-16,18H,10-11H2/t15-,16+,18-,19-/m1/s1. The number of ether oxygens (including phenoxy) is 2. The van der Waals surface area contributed by atoms with Gasteiger partial charge in [-0.1, -0.05) is 54.6 Å². The Balaban J connectivity index is 1.38. The lowest BCUT2D eigenvalue weighted by atomic mass is 9.79. The highest BCUT2D eigenvalue weighted by Crippen LogP contribution is 2.56. The summed E-state index contributed by atoms with van der Waals surface area (Å²) in [5, 5.41) is 0. The van der Waals surface area contributed by atoms with Gasteiger partial charge >= 0.3 is 0 Å². The summed E-state index contributed by atoms with van der Waals surface area (Å²) < 4.78 is 11.7. The van der Waals surface area contributed by atoms with Crippen molar-refractivity contribution in [2.24, 2.45) is 0 Å². The monoisotopic (exact) mass is 292 g/mol. The van der Waals surface area contributed by atoms with Gasteiger partial charge in [0.25, 0.3) is 0 Å². The Hall–Kier alpha value is -1.97. The van der Waals surface area contributed by atoms with Gasteiger partial charge < -0.3 is 9.47 Å². The summed E-state index contributed by atoms with van der Waals surface area (Å²) in [6, 6.07) is 18.0. The van der Waals surface area contributed by atoms with Crippen LogP contribution in [0, 0.1) is 0 Å². The van der Waals surface area contributed by atoms with Crippen LogP contribution in [0.4, 0.5) is 0 Å². The van der Waals surface area contributed by atoms with E-state index in [1.807, 2.05) is 42.5 Å². The minimum absolute atomic E-state index is 0.0246. The van der Waals surface area contributed by atoms with Gasteiger partial charge in [-0.25, -0.2) is 0 Å². The van der Waals surface area contributed by atoms with E-state index < -0.39 is 5.60 Å². The zero-order valence-electron chi connectivity index (χ0n) is 12.1. The molecule has 0 amide bonds. The number of hydrogen-bond donors (Lipinski definition) is 0. The third-order valence-corrected chi connectivity index (χ3v) is 5.10. The number of Topliss-reactive ketones (excluding diaryl/α,β-unsaturated/α-hetero) is 1. The van der Waals surface area contributed by atoms with Crippen LogP contribution in [0.25, 0.3) is 0 Å². The largest absolute Gasteiger partial charge is 0.362 e. The highest BCUT2D eigenvalue weighted by Gasteiger charge is 2.71. The molecule has 3 nitrogen and oxygen atoms in total. The zero-order chi connectivity index (χ0) is 14.7. The van der Waals surface area contributed by atoms with Gasteiger partial charge in [-0.3, -0.25) is 4.79 Å². The van der Waals surface area contributed by atoms with E-state index in [0.29, 0.717) is 0 Å². The summed E-state index contributed by atoms with van der Waals surface area (Å²) >= 11 is 0. The Bertz CT molecular complexity index is 754. The Morgan fingerprint density at radius 1 is 1.00 bits per heavy atom. The van der Waals surface area contributed by atoms with Crippen molar-refractivity contribution in [2.75, 3.05) is 0 Å². The predicted octanol–water partition coefficient (Wildman–Crippen LogP) is 3.09. The number of carbonyl (C=O) groups excluding carboxylic acids is 1. The molecule has 1 aliphatic carbocycles. The van der Waals surface area contributed by atoms with E-state index in [-0.39, 0.29) is 24.1 Å². The topological polar surface area (TPSA) is 42.1 Å². The molecule has 110 valence electrons. The summed E-state index contributed by atoms with van der Waals surface area (Å²) in [6.45, 7) is 0. The van der Waals surface area contributed by atoms with Gasteiger partial charge in [0.2, 0.25) is 0 Å². The third kappa shape index (κ3) is 1.67. The lowest BCUT2D eigenvalue weighted by molar-refractivity contribution is 0.0850. The molecule has 0 radical (unpaired) electrons. The van der Waals surface area contributed by atoms with Gasteiger partial charge in [-0.2, -0.15) is 0 Å². The molecule has 3 aliphatic rings. The fourth-order valence-electron chi connectivity index (χ4n) is 3.80. The highest BCUT2D eigenvalue weighted by atomic mass is 16.7. The number of carbonyl (C=O) groups is 1. The molecular formula is C19H16O3. The molecule has 3 heteroatoms. The zero-order valence-corrected chi connectivity index (χ0v) is 12.1. The molecule has 2 aliphatic heterocycles. The molecule has 2 aromatic carbocycles. The normalized spacial score (nSPS) is 35.3. The molecule has 0 bridgehead atoms. The minimum Gasteiger partial charge on any atom is -0.362 e. The van der Waals surface area contributed by atoms with E-state index in [1.165, 1.54) is 5.56 Å². The Labute approximate surface area is 128 Å². The fourth-order valence-corrected chi connectivity index (χ4v) is 3.80. The van der Waals surface area contributed by atoms with E-state index in [4.69, 9.17) is 9.47 Å². The molecule has 2 heterocycles. The van der Waals surface area contributed by atoms with Crippen molar-refractivity contribution in [2.45, 2.75) is 36.8 Å². The van der Waals surface area contributed by atoms with Crippen molar-refractivity contribution < 1.29 is 14.3 Å². The first kappa shape index (κ1) is 12.6. The lowest BCUT2D eigenvalue weighted by Crippen LogP contribution is -2.34. The van der Waals surface area contributed by atoms with Crippen LogP contribution in [0.3, 0.4) is 0 Å². The van der Waals surface area contributed by atoms with Gasteiger partial charge in [0.1, 0.15) is 18.3 Å². The van der Waals surface area contributed by atoms with Gasteiger partial charge in [-0.05, 0) is 24.0 Å². The first-order valence-corrected chi connectivity index (χ1v) is 7.80. The van der Waals surface area contributed by atoms with Crippen LogP contribution in [0.2, 0.25) is 0 Å². The second kappa shape index (κ2) is 4.28. The highest BCUT2D eigenvalue weighted by molar-refractivity contribution is 6.07. The van der Waals surface area contributed by atoms with Crippen LogP contribution >= 0.6 is 0 Å². The van der Waals surface area contributed by atoms with Gasteiger partial charge in [0, 0.05) is 5.56 Å². The maximum Gasteiger partial charge on any atom is 0.197 e. The van der Waals surface area contributed by atoms with Crippen LogP contribution in [0.1, 0.15) is 34.0 Å². The Morgan fingerprint density at radius 2 is 1.77 bits per heavy atom. The molecule has 0 saturated carbocycles. The maximum absolute atomic E-state index is 12.8. The van der Waals surface area contributed by atoms with Crippen molar-refractivity contribution in [3.63, 3.8) is 0 Å². The molecule has 2 aromatic rings. The Morgan fingerprint density at radius 3 is 2.64 bits per heavy atom. The van der Waals surface area contributed by atoms with Crippen molar-refractivity contribution in [3.05, 3.63) is 71.3 Å². The fraction of sp³-hybridized carbons (Fsp3) is 0.316. The number of aryl methyl sites for hydroxylation is 1. The summed E-state index contributed by atoms with van der Waals surface area (Å²) in [7, 11) is 0. The molecular weight excluding hydrogens is 276 g/mol. The minimum atomic E-state index is -0.622. The molecule has 22 heavy (non-hydrogen) atoms. The number of hydrogen-bond acceptors (Lipinski definition) is 3. The molecule has 5 rings (SSSR count). The van der Waals surface area contributed by atoms with Gasteiger partial charge in [0.05, 0.1) is 0 Å². The number of fused-ring (bicyclic) bond motifs is 1. The summed E-state index contributed by atoms with van der Waals surface area (Å²) in [5.74, 6) is 0.140. The first-order valence-electron chi connectivity index (χ1n) is 7.80. The summed E-state index contributed by atoms with van der Waals surface area (Å²) in [4.78, 5) is 12.8. The molecule has 0 N–H and O–H groups in total. The molecule has 1 spiro atoms. The van der Waals surface area contributed by atoms with Crippen molar-refractivity contribution >= 4 is 5.78 Å². The quantitative estimate of drug-likeness (QED) is 0.799. The maximum atomic E-state index is 12.8. The second-order valence-corrected chi connectivity index (χ2v) is 6.35. The van der Waals surface area contributed by atoms with Crippen molar-refractivity contribution in [1.29, 1.82) is 0 Å². The van der Waals surface area contributed by atoms with Crippen LogP contribution in [-0.4, -0.2) is 23.6 Å². The Kier molecular flexibility index (Phi) is 2.44. The van der Waals surface area contributed by atoms with E-state index in [9.17, 15) is 4.79 Å². The van der Waals surface area contributed by atoms with E-state index in [2.05, 4.69) is 12.1 Å². The molecule has 2 saturated heterocycles. The number of rotatable bonds is 2. The van der Waals surface area contributed by atoms with Gasteiger partial charge in [0.15, 0.2) is 11.4 Å². The molecule has 0 unspecified atom stereocenters. The number of ketones is 1. The molecule has 0 aromatic heterocycles. The van der Waals surface area contributed by atoms with E-state index in [0.717, 1.165) is 24.0 Å². The number of benzene rings is 2. The van der Waals surface area contributed by atoms with Crippen LogP contribution in [0.15, 0.2) is 54.6 Å². The van der Waals surface area contributed by atoms with Crippen LogP contribution < -0.4 is 0 Å².